The number of rotatable bonds is 5. The fraction of sp³-hybridized carbons (Fsp3) is 0.333. The summed E-state index contributed by atoms with van der Waals surface area (Å²) in [5.74, 6) is 0.312. The zero-order valence-electron chi connectivity index (χ0n) is 12.4. The Labute approximate surface area is 122 Å². The molecule has 0 aliphatic heterocycles. The molecule has 0 aliphatic rings. The molecule has 0 aliphatic carbocycles. The predicted octanol–water partition coefficient (Wildman–Crippen LogP) is 3.17. The van der Waals surface area contributed by atoms with Gasteiger partial charge >= 0.3 is 5.97 Å². The molecule has 1 aromatic heterocycles. The van der Waals surface area contributed by atoms with Crippen LogP contribution in [0.1, 0.15) is 40.3 Å². The number of aromatic carboxylic acids is 1. The molecule has 0 spiro atoms. The molecule has 6 nitrogen and oxygen atoms in total. The van der Waals surface area contributed by atoms with Gasteiger partial charge in [0.15, 0.2) is 0 Å². The summed E-state index contributed by atoms with van der Waals surface area (Å²) in [5, 5.41) is 16.4. The summed E-state index contributed by atoms with van der Waals surface area (Å²) < 4.78 is 10.3. The number of anilines is 1. The fourth-order valence-electron chi connectivity index (χ4n) is 2.37. The Morgan fingerprint density at radius 3 is 2.67 bits per heavy atom. The smallest absolute Gasteiger partial charge is 0.337 e. The Morgan fingerprint density at radius 2 is 2.14 bits per heavy atom. The summed E-state index contributed by atoms with van der Waals surface area (Å²) in [6, 6.07) is 4.66. The number of carbonyl (C=O) groups is 1. The number of hydrogen-bond acceptors (Lipinski definition) is 5. The van der Waals surface area contributed by atoms with Gasteiger partial charge in [-0.25, -0.2) is 4.79 Å². The fourth-order valence-corrected chi connectivity index (χ4v) is 2.37. The maximum atomic E-state index is 11.3. The lowest BCUT2D eigenvalue weighted by molar-refractivity contribution is 0.0698. The Balaban J connectivity index is 2.36. The zero-order chi connectivity index (χ0) is 15.6. The number of hydrogen-bond donors (Lipinski definition) is 2. The second-order valence-electron chi connectivity index (χ2n) is 4.82. The molecule has 1 aromatic carbocycles. The molecule has 0 saturated heterocycles. The summed E-state index contributed by atoms with van der Waals surface area (Å²) in [7, 11) is 1.54. The van der Waals surface area contributed by atoms with Crippen LogP contribution in [0.4, 0.5) is 5.69 Å². The molecule has 2 aromatic rings. The number of aryl methyl sites for hydroxylation is 2. The van der Waals surface area contributed by atoms with Gasteiger partial charge in [0, 0.05) is 11.6 Å². The van der Waals surface area contributed by atoms with Gasteiger partial charge in [-0.05, 0) is 32.9 Å². The minimum Gasteiger partial charge on any atom is -0.497 e. The number of benzene rings is 1. The van der Waals surface area contributed by atoms with Gasteiger partial charge in [-0.3, -0.25) is 0 Å². The van der Waals surface area contributed by atoms with E-state index < -0.39 is 5.97 Å². The maximum Gasteiger partial charge on any atom is 0.337 e. The molecule has 6 heteroatoms. The molecule has 2 N–H and O–H groups in total. The van der Waals surface area contributed by atoms with Crippen LogP contribution in [-0.4, -0.2) is 23.3 Å². The number of ether oxygens (including phenoxy) is 1. The molecule has 0 radical (unpaired) electrons. The van der Waals surface area contributed by atoms with Crippen LogP contribution in [0, 0.1) is 13.8 Å². The second-order valence-corrected chi connectivity index (χ2v) is 4.82. The van der Waals surface area contributed by atoms with Crippen molar-refractivity contribution in [1.82, 2.24) is 5.16 Å². The highest BCUT2D eigenvalue weighted by Gasteiger charge is 2.19. The van der Waals surface area contributed by atoms with E-state index in [1.54, 1.807) is 12.1 Å². The number of nitrogens with one attached hydrogen (secondary N) is 1. The third-order valence-corrected chi connectivity index (χ3v) is 3.35. The molecule has 1 heterocycles. The first-order valence-electron chi connectivity index (χ1n) is 6.54. The molecule has 1 unspecified atom stereocenters. The molecule has 112 valence electrons. The Kier molecular flexibility index (Phi) is 4.16. The van der Waals surface area contributed by atoms with Gasteiger partial charge in [0.25, 0.3) is 0 Å². The molecule has 21 heavy (non-hydrogen) atoms. The van der Waals surface area contributed by atoms with Crippen molar-refractivity contribution in [2.75, 3.05) is 12.4 Å². The van der Waals surface area contributed by atoms with Crippen molar-refractivity contribution in [2.24, 2.45) is 0 Å². The van der Waals surface area contributed by atoms with Crippen molar-refractivity contribution in [2.45, 2.75) is 26.8 Å². The Hall–Kier alpha value is -2.50. The Bertz CT molecular complexity index is 644. The van der Waals surface area contributed by atoms with Gasteiger partial charge in [0.2, 0.25) is 0 Å². The molecule has 0 fully saturated rings. The van der Waals surface area contributed by atoms with E-state index in [1.807, 2.05) is 20.8 Å². The average Bonchev–Trinajstić information content (AvgIpc) is 2.77. The molecule has 0 amide bonds. The first-order valence-corrected chi connectivity index (χ1v) is 6.54. The van der Waals surface area contributed by atoms with E-state index in [1.165, 1.54) is 13.2 Å². The highest BCUT2D eigenvalue weighted by atomic mass is 16.5. The van der Waals surface area contributed by atoms with E-state index in [9.17, 15) is 9.90 Å². The van der Waals surface area contributed by atoms with Crippen LogP contribution in [0.2, 0.25) is 0 Å². The van der Waals surface area contributed by atoms with E-state index in [-0.39, 0.29) is 11.6 Å². The van der Waals surface area contributed by atoms with Crippen LogP contribution in [-0.2, 0) is 0 Å². The molecular weight excluding hydrogens is 272 g/mol. The maximum absolute atomic E-state index is 11.3. The molecule has 2 rings (SSSR count). The summed E-state index contributed by atoms with van der Waals surface area (Å²) in [6.45, 7) is 5.61. The van der Waals surface area contributed by atoms with Crippen molar-refractivity contribution in [1.29, 1.82) is 0 Å². The lowest BCUT2D eigenvalue weighted by Gasteiger charge is -2.17. The van der Waals surface area contributed by atoms with Crippen molar-refractivity contribution in [3.05, 3.63) is 40.8 Å². The van der Waals surface area contributed by atoms with Crippen LogP contribution in [0.3, 0.4) is 0 Å². The van der Waals surface area contributed by atoms with Gasteiger partial charge in [-0.1, -0.05) is 5.16 Å². The summed E-state index contributed by atoms with van der Waals surface area (Å²) >= 11 is 0. The highest BCUT2D eigenvalue weighted by molar-refractivity contribution is 5.94. The van der Waals surface area contributed by atoms with Crippen LogP contribution in [0.15, 0.2) is 22.7 Å². The van der Waals surface area contributed by atoms with Gasteiger partial charge in [0.05, 0.1) is 30.1 Å². The monoisotopic (exact) mass is 290 g/mol. The third kappa shape index (κ3) is 2.99. The van der Waals surface area contributed by atoms with Gasteiger partial charge < -0.3 is 19.7 Å². The largest absolute Gasteiger partial charge is 0.497 e. The van der Waals surface area contributed by atoms with Crippen LogP contribution >= 0.6 is 0 Å². The molecular formula is C15H18N2O4. The third-order valence-electron chi connectivity index (χ3n) is 3.35. The SMILES string of the molecule is COc1ccc(C(=O)O)c(NC(C)c2c(C)noc2C)c1. The topological polar surface area (TPSA) is 84.6 Å². The number of methoxy groups -OCH3 is 1. The standard InChI is InChI=1S/C15H18N2O4/c1-8(14-9(2)17-21-10(14)3)16-13-7-11(20-4)5-6-12(13)15(18)19/h5-8,16H,1-4H3,(H,18,19). The lowest BCUT2D eigenvalue weighted by atomic mass is 10.1. The quantitative estimate of drug-likeness (QED) is 0.879. The predicted molar refractivity (Wildman–Crippen MR) is 78.0 cm³/mol. The van der Waals surface area contributed by atoms with E-state index in [0.717, 1.165) is 11.3 Å². The number of aromatic nitrogens is 1. The Morgan fingerprint density at radius 1 is 1.43 bits per heavy atom. The minimum atomic E-state index is -0.994. The van der Waals surface area contributed by atoms with Gasteiger partial charge in [0.1, 0.15) is 11.5 Å². The van der Waals surface area contributed by atoms with E-state index in [4.69, 9.17) is 9.26 Å². The van der Waals surface area contributed by atoms with Crippen molar-refractivity contribution < 1.29 is 19.2 Å². The first kappa shape index (κ1) is 14.9. The van der Waals surface area contributed by atoms with Gasteiger partial charge in [-0.15, -0.1) is 0 Å². The van der Waals surface area contributed by atoms with Crippen LogP contribution in [0.5, 0.6) is 5.75 Å². The number of carboxylic acids is 1. The minimum absolute atomic E-state index is 0.138. The number of carboxylic acid groups (broad SMARTS) is 1. The summed E-state index contributed by atoms with van der Waals surface area (Å²) in [5.41, 5.74) is 2.39. The molecule has 1 atom stereocenters. The lowest BCUT2D eigenvalue weighted by Crippen LogP contribution is -2.12. The van der Waals surface area contributed by atoms with Crippen molar-refractivity contribution in [3.63, 3.8) is 0 Å². The highest BCUT2D eigenvalue weighted by Crippen LogP contribution is 2.29. The van der Waals surface area contributed by atoms with Crippen molar-refractivity contribution in [3.8, 4) is 5.75 Å². The van der Waals surface area contributed by atoms with E-state index >= 15 is 0 Å². The van der Waals surface area contributed by atoms with Crippen LogP contribution < -0.4 is 10.1 Å². The molecule has 0 bridgehead atoms. The van der Waals surface area contributed by atoms with Crippen molar-refractivity contribution >= 4 is 11.7 Å². The average molecular weight is 290 g/mol. The number of nitrogens with zero attached hydrogens (tertiary/aromatic N) is 1. The van der Waals surface area contributed by atoms with E-state index in [2.05, 4.69) is 10.5 Å². The first-order chi connectivity index (χ1) is 9.93. The normalized spacial score (nSPS) is 12.0. The summed E-state index contributed by atoms with van der Waals surface area (Å²) in [4.78, 5) is 11.3. The van der Waals surface area contributed by atoms with Gasteiger partial charge in [-0.2, -0.15) is 0 Å². The van der Waals surface area contributed by atoms with E-state index in [0.29, 0.717) is 17.2 Å². The van der Waals surface area contributed by atoms with Crippen LogP contribution in [0.25, 0.3) is 0 Å². The zero-order valence-corrected chi connectivity index (χ0v) is 12.4. The second kappa shape index (κ2) is 5.87. The summed E-state index contributed by atoms with van der Waals surface area (Å²) in [6.07, 6.45) is 0. The molecule has 0 saturated carbocycles.